The molecule has 0 heterocycles. The molecule has 0 radical (unpaired) electrons. The standard InChI is InChI=1S/C8H12O2S/c1-4-5-11-8(6(2)9)7(3)10/h4,8H,1,5H2,2-3H3. The van der Waals surface area contributed by atoms with Crippen LogP contribution in [0.2, 0.25) is 0 Å². The fourth-order valence-electron chi connectivity index (χ4n) is 0.685. The molecule has 0 saturated carbocycles. The van der Waals surface area contributed by atoms with Gasteiger partial charge in [0.2, 0.25) is 0 Å². The summed E-state index contributed by atoms with van der Waals surface area (Å²) in [4.78, 5) is 21.6. The van der Waals surface area contributed by atoms with E-state index in [1.807, 2.05) is 0 Å². The molecule has 0 aromatic carbocycles. The third-order valence-electron chi connectivity index (χ3n) is 1.12. The normalized spacial score (nSPS) is 9.73. The monoisotopic (exact) mass is 172 g/mol. The number of hydrogen-bond donors (Lipinski definition) is 0. The minimum Gasteiger partial charge on any atom is -0.298 e. The van der Waals surface area contributed by atoms with Crippen molar-refractivity contribution in [1.29, 1.82) is 0 Å². The largest absolute Gasteiger partial charge is 0.298 e. The van der Waals surface area contributed by atoms with Gasteiger partial charge in [-0.1, -0.05) is 6.08 Å². The Balaban J connectivity index is 4.00. The number of Topliss-reactive ketones (excluding diaryl/α,β-unsaturated/α-hetero) is 2. The molecule has 0 bridgehead atoms. The van der Waals surface area contributed by atoms with Gasteiger partial charge in [0.1, 0.15) is 16.8 Å². The number of hydrogen-bond acceptors (Lipinski definition) is 3. The van der Waals surface area contributed by atoms with Gasteiger partial charge in [-0.05, 0) is 13.8 Å². The van der Waals surface area contributed by atoms with Crippen LogP contribution in [0.5, 0.6) is 0 Å². The molecule has 0 aromatic rings. The number of carbonyl (C=O) groups is 2. The third-order valence-corrected chi connectivity index (χ3v) is 2.54. The van der Waals surface area contributed by atoms with Crippen molar-refractivity contribution in [1.82, 2.24) is 0 Å². The number of ketones is 2. The quantitative estimate of drug-likeness (QED) is 0.465. The van der Waals surface area contributed by atoms with Crippen molar-refractivity contribution in [2.75, 3.05) is 5.75 Å². The fraction of sp³-hybridized carbons (Fsp3) is 0.500. The van der Waals surface area contributed by atoms with E-state index < -0.39 is 5.25 Å². The van der Waals surface area contributed by atoms with Gasteiger partial charge in [0.05, 0.1) is 0 Å². The molecule has 0 atom stereocenters. The molecular formula is C8H12O2S. The van der Waals surface area contributed by atoms with Crippen molar-refractivity contribution < 1.29 is 9.59 Å². The van der Waals surface area contributed by atoms with Gasteiger partial charge in [-0.25, -0.2) is 0 Å². The van der Waals surface area contributed by atoms with E-state index in [2.05, 4.69) is 6.58 Å². The minimum atomic E-state index is -0.493. The number of carbonyl (C=O) groups excluding carboxylic acids is 2. The van der Waals surface area contributed by atoms with Gasteiger partial charge in [-0.15, -0.1) is 18.3 Å². The first-order chi connectivity index (χ1) is 5.09. The maximum atomic E-state index is 10.8. The van der Waals surface area contributed by atoms with Gasteiger partial charge < -0.3 is 0 Å². The number of rotatable bonds is 5. The molecule has 0 spiro atoms. The summed E-state index contributed by atoms with van der Waals surface area (Å²) in [6.07, 6.45) is 1.68. The lowest BCUT2D eigenvalue weighted by Gasteiger charge is -2.06. The molecule has 0 rings (SSSR count). The summed E-state index contributed by atoms with van der Waals surface area (Å²) < 4.78 is 0. The Labute approximate surface area is 71.1 Å². The first kappa shape index (κ1) is 10.4. The van der Waals surface area contributed by atoms with Gasteiger partial charge >= 0.3 is 0 Å². The molecule has 0 aliphatic carbocycles. The molecule has 0 N–H and O–H groups in total. The Kier molecular flexibility index (Phi) is 4.86. The molecule has 62 valence electrons. The van der Waals surface area contributed by atoms with Crippen molar-refractivity contribution in [3.8, 4) is 0 Å². The van der Waals surface area contributed by atoms with E-state index >= 15 is 0 Å². The molecule has 0 amide bonds. The van der Waals surface area contributed by atoms with E-state index in [0.29, 0.717) is 5.75 Å². The maximum absolute atomic E-state index is 10.8. The highest BCUT2D eigenvalue weighted by atomic mass is 32.2. The Hall–Kier alpha value is -0.570. The van der Waals surface area contributed by atoms with Crippen LogP contribution in [0.3, 0.4) is 0 Å². The van der Waals surface area contributed by atoms with Gasteiger partial charge in [-0.3, -0.25) is 9.59 Å². The zero-order chi connectivity index (χ0) is 8.85. The van der Waals surface area contributed by atoms with Gasteiger partial charge in [0.15, 0.2) is 0 Å². The van der Waals surface area contributed by atoms with Crippen LogP contribution in [-0.2, 0) is 9.59 Å². The van der Waals surface area contributed by atoms with Gasteiger partial charge in [0, 0.05) is 5.75 Å². The predicted molar refractivity (Wildman–Crippen MR) is 47.8 cm³/mol. The molecule has 0 aliphatic heterocycles. The smallest absolute Gasteiger partial charge is 0.150 e. The zero-order valence-corrected chi connectivity index (χ0v) is 7.61. The summed E-state index contributed by atoms with van der Waals surface area (Å²) in [5, 5.41) is -0.493. The second-order valence-electron chi connectivity index (χ2n) is 2.22. The lowest BCUT2D eigenvalue weighted by Crippen LogP contribution is -2.22. The molecule has 0 unspecified atom stereocenters. The number of thioether (sulfide) groups is 1. The van der Waals surface area contributed by atoms with Gasteiger partial charge in [0.25, 0.3) is 0 Å². The van der Waals surface area contributed by atoms with Crippen LogP contribution in [0.15, 0.2) is 12.7 Å². The molecule has 0 fully saturated rings. The molecule has 0 aliphatic rings. The van der Waals surface area contributed by atoms with E-state index in [9.17, 15) is 9.59 Å². The lowest BCUT2D eigenvalue weighted by molar-refractivity contribution is -0.123. The summed E-state index contributed by atoms with van der Waals surface area (Å²) in [6, 6.07) is 0. The molecular weight excluding hydrogens is 160 g/mol. The van der Waals surface area contributed by atoms with E-state index in [-0.39, 0.29) is 11.6 Å². The van der Waals surface area contributed by atoms with Crippen LogP contribution < -0.4 is 0 Å². The van der Waals surface area contributed by atoms with Crippen molar-refractivity contribution in [3.05, 3.63) is 12.7 Å². The Morgan fingerprint density at radius 3 is 2.18 bits per heavy atom. The van der Waals surface area contributed by atoms with Crippen LogP contribution in [0.4, 0.5) is 0 Å². The fourth-order valence-corrected chi connectivity index (χ4v) is 1.48. The molecule has 11 heavy (non-hydrogen) atoms. The van der Waals surface area contributed by atoms with E-state index in [1.165, 1.54) is 25.6 Å². The summed E-state index contributed by atoms with van der Waals surface area (Å²) in [7, 11) is 0. The van der Waals surface area contributed by atoms with Crippen LogP contribution in [-0.4, -0.2) is 22.6 Å². The predicted octanol–water partition coefficient (Wildman–Crippen LogP) is 1.45. The summed E-state index contributed by atoms with van der Waals surface area (Å²) in [5.41, 5.74) is 0. The van der Waals surface area contributed by atoms with Crippen LogP contribution in [0.25, 0.3) is 0 Å². The first-order valence-electron chi connectivity index (χ1n) is 3.33. The maximum Gasteiger partial charge on any atom is 0.150 e. The molecule has 3 heteroatoms. The average molecular weight is 172 g/mol. The Morgan fingerprint density at radius 2 is 1.91 bits per heavy atom. The zero-order valence-electron chi connectivity index (χ0n) is 6.79. The SMILES string of the molecule is C=CCSC(C(C)=O)C(C)=O. The van der Waals surface area contributed by atoms with Crippen molar-refractivity contribution in [2.24, 2.45) is 0 Å². The average Bonchev–Trinajstić information content (AvgIpc) is 1.87. The first-order valence-corrected chi connectivity index (χ1v) is 4.38. The highest BCUT2D eigenvalue weighted by Gasteiger charge is 2.18. The molecule has 2 nitrogen and oxygen atoms in total. The van der Waals surface area contributed by atoms with E-state index in [1.54, 1.807) is 6.08 Å². The summed E-state index contributed by atoms with van der Waals surface area (Å²) in [5.74, 6) is 0.484. The summed E-state index contributed by atoms with van der Waals surface area (Å²) >= 11 is 1.32. The molecule has 0 saturated heterocycles. The Bertz CT molecular complexity index is 161. The van der Waals surface area contributed by atoms with Crippen LogP contribution in [0.1, 0.15) is 13.8 Å². The highest BCUT2D eigenvalue weighted by molar-refractivity contribution is 8.01. The van der Waals surface area contributed by atoms with Crippen molar-refractivity contribution in [3.63, 3.8) is 0 Å². The van der Waals surface area contributed by atoms with Crippen molar-refractivity contribution >= 4 is 23.3 Å². The van der Waals surface area contributed by atoms with Gasteiger partial charge in [-0.2, -0.15) is 0 Å². The lowest BCUT2D eigenvalue weighted by atomic mass is 10.2. The Morgan fingerprint density at radius 1 is 1.45 bits per heavy atom. The van der Waals surface area contributed by atoms with Crippen LogP contribution >= 0.6 is 11.8 Å². The second-order valence-corrected chi connectivity index (χ2v) is 3.36. The van der Waals surface area contributed by atoms with E-state index in [0.717, 1.165) is 0 Å². The van der Waals surface area contributed by atoms with Crippen molar-refractivity contribution in [2.45, 2.75) is 19.1 Å². The minimum absolute atomic E-state index is 0.0793. The van der Waals surface area contributed by atoms with Crippen LogP contribution in [0, 0.1) is 0 Å². The third kappa shape index (κ3) is 3.98. The highest BCUT2D eigenvalue weighted by Crippen LogP contribution is 2.12. The van der Waals surface area contributed by atoms with E-state index in [4.69, 9.17) is 0 Å². The summed E-state index contributed by atoms with van der Waals surface area (Å²) in [6.45, 7) is 6.37. The second kappa shape index (κ2) is 5.13. The topological polar surface area (TPSA) is 34.1 Å². The molecule has 0 aromatic heterocycles.